The smallest absolute Gasteiger partial charge is 0.220 e. The van der Waals surface area contributed by atoms with Gasteiger partial charge in [-0.05, 0) is 40.5 Å². The Morgan fingerprint density at radius 2 is 1.77 bits per heavy atom. The monoisotopic (exact) mass is 355 g/mol. The standard InChI is InChI=1S/C21H19F2NO2/c22-18-9-7-15(19(23)12-18)8-10-21(26)24-20(13-25)17-6-5-14-3-1-2-4-16(14)11-17/h1-7,9,11-12,20,25H,8,10,13H2,(H,24,26)/t20-/m0/s1. The summed E-state index contributed by atoms with van der Waals surface area (Å²) in [6.45, 7) is -0.241. The maximum absolute atomic E-state index is 13.6. The molecule has 1 atom stereocenters. The van der Waals surface area contributed by atoms with Gasteiger partial charge < -0.3 is 10.4 Å². The van der Waals surface area contributed by atoms with Crippen LogP contribution in [-0.4, -0.2) is 17.6 Å². The molecule has 0 saturated carbocycles. The van der Waals surface area contributed by atoms with Crippen molar-refractivity contribution < 1.29 is 18.7 Å². The Hall–Kier alpha value is -2.79. The fourth-order valence-electron chi connectivity index (χ4n) is 2.90. The fourth-order valence-corrected chi connectivity index (χ4v) is 2.90. The molecule has 0 radical (unpaired) electrons. The number of aliphatic hydroxyl groups is 1. The lowest BCUT2D eigenvalue weighted by molar-refractivity contribution is -0.122. The van der Waals surface area contributed by atoms with Gasteiger partial charge in [0.05, 0.1) is 12.6 Å². The molecule has 0 aliphatic heterocycles. The first-order valence-corrected chi connectivity index (χ1v) is 8.39. The molecule has 26 heavy (non-hydrogen) atoms. The predicted octanol–water partition coefficient (Wildman–Crippen LogP) is 3.90. The molecule has 1 amide bonds. The SMILES string of the molecule is O=C(CCc1ccc(F)cc1F)N[C@@H](CO)c1ccc2ccccc2c1. The highest BCUT2D eigenvalue weighted by atomic mass is 19.1. The summed E-state index contributed by atoms with van der Waals surface area (Å²) in [4.78, 5) is 12.2. The number of amides is 1. The number of rotatable bonds is 6. The van der Waals surface area contributed by atoms with Crippen LogP contribution in [0.3, 0.4) is 0 Å². The number of halogens is 2. The van der Waals surface area contributed by atoms with Gasteiger partial charge in [0.15, 0.2) is 0 Å². The van der Waals surface area contributed by atoms with Crippen molar-refractivity contribution in [1.29, 1.82) is 0 Å². The van der Waals surface area contributed by atoms with E-state index in [0.29, 0.717) is 0 Å². The number of hydrogen-bond acceptors (Lipinski definition) is 2. The number of hydrogen-bond donors (Lipinski definition) is 2. The average Bonchev–Trinajstić information content (AvgIpc) is 2.65. The number of aryl methyl sites for hydroxylation is 1. The summed E-state index contributed by atoms with van der Waals surface area (Å²) in [5.74, 6) is -1.61. The first kappa shape index (κ1) is 18.0. The highest BCUT2D eigenvalue weighted by Gasteiger charge is 2.15. The van der Waals surface area contributed by atoms with Crippen molar-refractivity contribution in [2.45, 2.75) is 18.9 Å². The van der Waals surface area contributed by atoms with E-state index in [2.05, 4.69) is 5.32 Å². The van der Waals surface area contributed by atoms with Gasteiger partial charge in [0.2, 0.25) is 5.91 Å². The van der Waals surface area contributed by atoms with Crippen LogP contribution in [0.15, 0.2) is 60.7 Å². The summed E-state index contributed by atoms with van der Waals surface area (Å²) in [5, 5.41) is 14.5. The molecule has 3 aromatic carbocycles. The van der Waals surface area contributed by atoms with Gasteiger partial charge in [0.1, 0.15) is 11.6 Å². The maximum Gasteiger partial charge on any atom is 0.220 e. The Morgan fingerprint density at radius 1 is 1.00 bits per heavy atom. The van der Waals surface area contributed by atoms with Gasteiger partial charge in [-0.25, -0.2) is 8.78 Å². The molecule has 0 saturated heterocycles. The van der Waals surface area contributed by atoms with Gasteiger partial charge in [-0.3, -0.25) is 4.79 Å². The van der Waals surface area contributed by atoms with Crippen molar-refractivity contribution >= 4 is 16.7 Å². The van der Waals surface area contributed by atoms with Gasteiger partial charge in [0, 0.05) is 12.5 Å². The van der Waals surface area contributed by atoms with Crippen LogP contribution >= 0.6 is 0 Å². The summed E-state index contributed by atoms with van der Waals surface area (Å²) in [5.41, 5.74) is 1.08. The quantitative estimate of drug-likeness (QED) is 0.705. The van der Waals surface area contributed by atoms with Gasteiger partial charge >= 0.3 is 0 Å². The molecular weight excluding hydrogens is 336 g/mol. The van der Waals surface area contributed by atoms with E-state index in [9.17, 15) is 18.7 Å². The molecule has 0 unspecified atom stereocenters. The van der Waals surface area contributed by atoms with Crippen LogP contribution in [-0.2, 0) is 11.2 Å². The molecule has 0 bridgehead atoms. The normalized spacial score (nSPS) is 12.1. The van der Waals surface area contributed by atoms with Crippen LogP contribution in [0, 0.1) is 11.6 Å². The van der Waals surface area contributed by atoms with Crippen molar-refractivity contribution in [3.8, 4) is 0 Å². The maximum atomic E-state index is 13.6. The fraction of sp³-hybridized carbons (Fsp3) is 0.190. The highest BCUT2D eigenvalue weighted by molar-refractivity contribution is 5.83. The molecule has 0 aromatic heterocycles. The van der Waals surface area contributed by atoms with Crippen LogP contribution in [0.1, 0.15) is 23.6 Å². The first-order valence-electron chi connectivity index (χ1n) is 8.39. The molecule has 2 N–H and O–H groups in total. The second kappa shape index (κ2) is 8.06. The predicted molar refractivity (Wildman–Crippen MR) is 96.6 cm³/mol. The third-order valence-corrected chi connectivity index (χ3v) is 4.33. The van der Waals surface area contributed by atoms with E-state index in [1.54, 1.807) is 0 Å². The Labute approximate surface area is 150 Å². The summed E-state index contributed by atoms with van der Waals surface area (Å²) < 4.78 is 26.5. The van der Waals surface area contributed by atoms with Crippen LogP contribution in [0.25, 0.3) is 10.8 Å². The average molecular weight is 355 g/mol. The Kier molecular flexibility index (Phi) is 5.58. The summed E-state index contributed by atoms with van der Waals surface area (Å²) in [7, 11) is 0. The van der Waals surface area contributed by atoms with Crippen LogP contribution in [0.2, 0.25) is 0 Å². The summed E-state index contributed by atoms with van der Waals surface area (Å²) in [6.07, 6.45) is 0.209. The van der Waals surface area contributed by atoms with Gasteiger partial charge in [-0.2, -0.15) is 0 Å². The third kappa shape index (κ3) is 4.24. The van der Waals surface area contributed by atoms with Crippen molar-refractivity contribution in [2.24, 2.45) is 0 Å². The number of nitrogens with one attached hydrogen (secondary N) is 1. The second-order valence-corrected chi connectivity index (χ2v) is 6.14. The zero-order valence-electron chi connectivity index (χ0n) is 14.1. The number of fused-ring (bicyclic) bond motifs is 1. The van der Waals surface area contributed by atoms with E-state index >= 15 is 0 Å². The van der Waals surface area contributed by atoms with E-state index in [1.807, 2.05) is 42.5 Å². The molecular formula is C21H19F2NO2. The molecule has 0 fully saturated rings. The van der Waals surface area contributed by atoms with E-state index in [4.69, 9.17) is 0 Å². The number of carbonyl (C=O) groups excluding carboxylic acids is 1. The van der Waals surface area contributed by atoms with Crippen molar-refractivity contribution in [2.75, 3.05) is 6.61 Å². The van der Waals surface area contributed by atoms with Crippen molar-refractivity contribution in [3.63, 3.8) is 0 Å². The zero-order chi connectivity index (χ0) is 18.5. The van der Waals surface area contributed by atoms with Gasteiger partial charge in [0.25, 0.3) is 0 Å². The molecule has 5 heteroatoms. The van der Waals surface area contributed by atoms with Crippen molar-refractivity contribution in [1.82, 2.24) is 5.32 Å². The number of aliphatic hydroxyl groups excluding tert-OH is 1. The Bertz CT molecular complexity index is 927. The van der Waals surface area contributed by atoms with Crippen LogP contribution in [0.5, 0.6) is 0 Å². The lowest BCUT2D eigenvalue weighted by Crippen LogP contribution is -2.31. The molecule has 0 heterocycles. The molecule has 3 nitrogen and oxygen atoms in total. The Morgan fingerprint density at radius 3 is 2.50 bits per heavy atom. The minimum atomic E-state index is -0.661. The van der Waals surface area contributed by atoms with E-state index in [0.717, 1.165) is 22.4 Å². The lowest BCUT2D eigenvalue weighted by atomic mass is 10.0. The van der Waals surface area contributed by atoms with E-state index < -0.39 is 17.7 Å². The minimum Gasteiger partial charge on any atom is -0.394 e. The topological polar surface area (TPSA) is 49.3 Å². The summed E-state index contributed by atoms with van der Waals surface area (Å²) in [6, 6.07) is 16.3. The molecule has 134 valence electrons. The van der Waals surface area contributed by atoms with Crippen LogP contribution < -0.4 is 5.32 Å². The van der Waals surface area contributed by atoms with Crippen LogP contribution in [0.4, 0.5) is 8.78 Å². The molecule has 0 spiro atoms. The van der Waals surface area contributed by atoms with Gasteiger partial charge in [-0.1, -0.05) is 42.5 Å². The molecule has 0 aliphatic carbocycles. The van der Waals surface area contributed by atoms with Crippen molar-refractivity contribution in [3.05, 3.63) is 83.4 Å². The number of benzene rings is 3. The van der Waals surface area contributed by atoms with Gasteiger partial charge in [-0.15, -0.1) is 0 Å². The minimum absolute atomic E-state index is 0.0482. The summed E-state index contributed by atoms with van der Waals surface area (Å²) >= 11 is 0. The number of carbonyl (C=O) groups is 1. The molecule has 3 aromatic rings. The van der Waals surface area contributed by atoms with E-state index in [-0.39, 0.29) is 30.9 Å². The second-order valence-electron chi connectivity index (χ2n) is 6.14. The first-order chi connectivity index (χ1) is 12.6. The molecule has 0 aliphatic rings. The Balaban J connectivity index is 1.65. The zero-order valence-corrected chi connectivity index (χ0v) is 14.1. The highest BCUT2D eigenvalue weighted by Crippen LogP contribution is 2.20. The third-order valence-electron chi connectivity index (χ3n) is 4.33. The lowest BCUT2D eigenvalue weighted by Gasteiger charge is -2.17. The van der Waals surface area contributed by atoms with E-state index in [1.165, 1.54) is 12.1 Å². The molecule has 3 rings (SSSR count). The largest absolute Gasteiger partial charge is 0.394 e.